The molecule has 1 aliphatic heterocycles. The Kier molecular flexibility index (Phi) is 86.7. The number of piperazine rings is 1. The van der Waals surface area contributed by atoms with Crippen molar-refractivity contribution in [3.63, 3.8) is 0 Å². The molecule has 0 aliphatic carbocycles. The zero-order chi connectivity index (χ0) is 75.1. The minimum atomic E-state index is 1.25. The van der Waals surface area contributed by atoms with Gasteiger partial charge in [-0.05, 0) is 193 Å². The highest BCUT2D eigenvalue weighted by Gasteiger charge is 2.19. The number of hydrogen-bond donors (Lipinski definition) is 0. The number of nitrogens with zero attached hydrogens (tertiary/aromatic N) is 5. The van der Waals surface area contributed by atoms with Gasteiger partial charge in [-0.3, -0.25) is 9.80 Å². The van der Waals surface area contributed by atoms with Crippen molar-refractivity contribution in [2.45, 2.75) is 484 Å². The molecule has 1 saturated heterocycles. The molecule has 0 N–H and O–H groups in total. The van der Waals surface area contributed by atoms with Crippen LogP contribution in [-0.4, -0.2) is 123 Å². The van der Waals surface area contributed by atoms with Crippen molar-refractivity contribution in [3.8, 4) is 0 Å². The molecule has 0 unspecified atom stereocenters. The molecule has 0 radical (unpaired) electrons. The molecule has 5 nitrogen and oxygen atoms in total. The lowest BCUT2D eigenvalue weighted by atomic mass is 10.1. The van der Waals surface area contributed by atoms with Crippen LogP contribution >= 0.6 is 0 Å². The SMILES string of the molecule is CCCCCCCC/C=C\CCCCCCCCN(CCCCCCCC/C=C\CCCCCCCC)CCN(CCCCCCCC/C=C\CCCCCCCC)CCN1CCN(CCN(CCCCCCCC/C=C\CCCCCCCC)CCCCCCCC/C=C\CCCCCCCC)CC1. The van der Waals surface area contributed by atoms with Crippen molar-refractivity contribution in [1.82, 2.24) is 24.5 Å². The molecule has 620 valence electrons. The third-order valence-electron chi connectivity index (χ3n) is 23.6. The van der Waals surface area contributed by atoms with Crippen LogP contribution in [0.25, 0.3) is 0 Å². The molecule has 5 heteroatoms. The molecule has 0 aromatic carbocycles. The van der Waals surface area contributed by atoms with Crippen molar-refractivity contribution < 1.29 is 0 Å². The Balaban J connectivity index is 2.88. The number of rotatable bonds is 89. The van der Waals surface area contributed by atoms with Crippen LogP contribution in [0.2, 0.25) is 0 Å². The molecule has 0 bridgehead atoms. The molecule has 0 amide bonds. The zero-order valence-corrected chi connectivity index (χ0v) is 73.1. The summed E-state index contributed by atoms with van der Waals surface area (Å²) in [5.74, 6) is 0. The van der Waals surface area contributed by atoms with Crippen LogP contribution in [0.5, 0.6) is 0 Å². The maximum absolute atomic E-state index is 2.95. The molecular formula is C100H195N5. The van der Waals surface area contributed by atoms with E-state index in [1.165, 1.54) is 548 Å². The first kappa shape index (κ1) is 102. The van der Waals surface area contributed by atoms with Gasteiger partial charge < -0.3 is 14.7 Å². The third-order valence-corrected chi connectivity index (χ3v) is 23.6. The van der Waals surface area contributed by atoms with Gasteiger partial charge in [-0.2, -0.15) is 0 Å². The predicted molar refractivity (Wildman–Crippen MR) is 479 cm³/mol. The van der Waals surface area contributed by atoms with Crippen molar-refractivity contribution in [2.24, 2.45) is 0 Å². The van der Waals surface area contributed by atoms with Crippen molar-refractivity contribution >= 4 is 0 Å². The summed E-state index contributed by atoms with van der Waals surface area (Å²) in [6.45, 7) is 30.7. The van der Waals surface area contributed by atoms with Gasteiger partial charge in [-0.1, -0.05) is 384 Å². The minimum Gasteiger partial charge on any atom is -0.302 e. The van der Waals surface area contributed by atoms with Crippen LogP contribution in [0.1, 0.15) is 484 Å². The average Bonchev–Trinajstić information content (AvgIpc) is 0.959. The normalized spacial score (nSPS) is 13.6. The summed E-state index contributed by atoms with van der Waals surface area (Å²) < 4.78 is 0. The van der Waals surface area contributed by atoms with E-state index < -0.39 is 0 Å². The second-order valence-corrected chi connectivity index (χ2v) is 33.9. The summed E-state index contributed by atoms with van der Waals surface area (Å²) in [5, 5.41) is 0. The summed E-state index contributed by atoms with van der Waals surface area (Å²) in [6.07, 6.45) is 122. The van der Waals surface area contributed by atoms with Gasteiger partial charge >= 0.3 is 0 Å². The zero-order valence-electron chi connectivity index (χ0n) is 73.1. The minimum absolute atomic E-state index is 1.25. The van der Waals surface area contributed by atoms with Gasteiger partial charge in [0, 0.05) is 65.4 Å². The first-order valence-corrected chi connectivity index (χ1v) is 49.0. The van der Waals surface area contributed by atoms with Gasteiger partial charge in [0.1, 0.15) is 0 Å². The number of unbranched alkanes of at least 4 members (excludes halogenated alkanes) is 60. The maximum atomic E-state index is 2.95. The lowest BCUT2D eigenvalue weighted by Crippen LogP contribution is -2.50. The highest BCUT2D eigenvalue weighted by Crippen LogP contribution is 2.19. The molecule has 1 heterocycles. The highest BCUT2D eigenvalue weighted by molar-refractivity contribution is 4.85. The van der Waals surface area contributed by atoms with E-state index in [0.717, 1.165) is 0 Å². The van der Waals surface area contributed by atoms with E-state index in [-0.39, 0.29) is 0 Å². The molecule has 1 aliphatic rings. The Hall–Kier alpha value is -1.50. The number of allylic oxidation sites excluding steroid dienone is 10. The van der Waals surface area contributed by atoms with E-state index in [4.69, 9.17) is 0 Å². The fourth-order valence-electron chi connectivity index (χ4n) is 16.0. The maximum Gasteiger partial charge on any atom is 0.0110 e. The van der Waals surface area contributed by atoms with Gasteiger partial charge in [0.25, 0.3) is 0 Å². The van der Waals surface area contributed by atoms with Crippen LogP contribution in [0.3, 0.4) is 0 Å². The first-order valence-electron chi connectivity index (χ1n) is 49.0. The van der Waals surface area contributed by atoms with Gasteiger partial charge in [0.15, 0.2) is 0 Å². The Labute approximate surface area is 663 Å². The lowest BCUT2D eigenvalue weighted by molar-refractivity contribution is 0.104. The Morgan fingerprint density at radius 1 is 0.152 bits per heavy atom. The molecule has 105 heavy (non-hydrogen) atoms. The smallest absolute Gasteiger partial charge is 0.0110 e. The molecule has 0 aromatic heterocycles. The second kappa shape index (κ2) is 89.7. The van der Waals surface area contributed by atoms with Crippen LogP contribution in [0.15, 0.2) is 60.8 Å². The summed E-state index contributed by atoms with van der Waals surface area (Å²) in [7, 11) is 0. The van der Waals surface area contributed by atoms with Crippen LogP contribution in [0, 0.1) is 0 Å². The second-order valence-electron chi connectivity index (χ2n) is 33.9. The van der Waals surface area contributed by atoms with E-state index in [1.807, 2.05) is 0 Å². The molecule has 0 saturated carbocycles. The third kappa shape index (κ3) is 80.4. The lowest BCUT2D eigenvalue weighted by Gasteiger charge is -2.37. The average molecular weight is 1470 g/mol. The van der Waals surface area contributed by atoms with Gasteiger partial charge in [-0.25, -0.2) is 0 Å². The predicted octanol–water partition coefficient (Wildman–Crippen LogP) is 31.7. The van der Waals surface area contributed by atoms with Gasteiger partial charge in [0.05, 0.1) is 0 Å². The fourth-order valence-corrected chi connectivity index (χ4v) is 16.0. The standard InChI is InChI=1S/C100H195N5/c1-6-11-16-21-26-31-36-41-46-51-56-61-66-71-76-81-86-101(87-82-77-72-67-62-57-52-47-42-37-32-27-22-17-12-7-2)91-93-103(90-85-80-75-70-65-60-55-50-45-40-35-30-25-20-15-10-5)94-96-105-99-97-104(98-100-105)95-92-102(88-83-78-73-68-63-58-53-48-43-38-33-28-23-18-13-8-3)89-84-79-74-69-64-59-54-49-44-39-34-29-24-19-14-9-4/h41-50H,6-40,51-100H2,1-5H3/b46-41-,47-42-,48-43-,49-44-,50-45-. The topological polar surface area (TPSA) is 16.2 Å². The van der Waals surface area contributed by atoms with Crippen LogP contribution in [-0.2, 0) is 0 Å². The Bertz CT molecular complexity index is 1660. The Morgan fingerprint density at radius 3 is 0.457 bits per heavy atom. The largest absolute Gasteiger partial charge is 0.302 e. The summed E-state index contributed by atoms with van der Waals surface area (Å²) in [5.41, 5.74) is 0. The van der Waals surface area contributed by atoms with E-state index in [2.05, 4.69) is 120 Å². The van der Waals surface area contributed by atoms with E-state index in [9.17, 15) is 0 Å². The highest BCUT2D eigenvalue weighted by atomic mass is 15.3. The van der Waals surface area contributed by atoms with E-state index in [1.54, 1.807) is 0 Å². The molecule has 0 atom stereocenters. The Morgan fingerprint density at radius 2 is 0.286 bits per heavy atom. The monoisotopic (exact) mass is 1470 g/mol. The first-order chi connectivity index (χ1) is 52.2. The molecular weight excluding hydrogens is 1270 g/mol. The summed E-state index contributed by atoms with van der Waals surface area (Å²) >= 11 is 0. The number of hydrogen-bond acceptors (Lipinski definition) is 5. The molecule has 0 spiro atoms. The van der Waals surface area contributed by atoms with Crippen molar-refractivity contribution in [3.05, 3.63) is 60.8 Å². The summed E-state index contributed by atoms with van der Waals surface area (Å²) in [4.78, 5) is 14.5. The summed E-state index contributed by atoms with van der Waals surface area (Å²) in [6, 6.07) is 0. The van der Waals surface area contributed by atoms with E-state index in [0.29, 0.717) is 0 Å². The van der Waals surface area contributed by atoms with Crippen molar-refractivity contribution in [1.29, 1.82) is 0 Å². The quantitative estimate of drug-likeness (QED) is 0.0444. The van der Waals surface area contributed by atoms with Crippen LogP contribution < -0.4 is 0 Å². The molecule has 0 aromatic rings. The van der Waals surface area contributed by atoms with Crippen molar-refractivity contribution in [2.75, 3.05) is 98.2 Å². The van der Waals surface area contributed by atoms with Gasteiger partial charge in [0.2, 0.25) is 0 Å². The van der Waals surface area contributed by atoms with E-state index >= 15 is 0 Å². The molecule has 1 rings (SSSR count). The van der Waals surface area contributed by atoms with Gasteiger partial charge in [-0.15, -0.1) is 0 Å². The van der Waals surface area contributed by atoms with Crippen LogP contribution in [0.4, 0.5) is 0 Å². The fraction of sp³-hybridized carbons (Fsp3) is 0.900. The molecule has 1 fully saturated rings.